The summed E-state index contributed by atoms with van der Waals surface area (Å²) < 4.78 is 18.9. The Morgan fingerprint density at radius 2 is 1.54 bits per heavy atom. The molecule has 2 nitrogen and oxygen atoms in total. The third-order valence-electron chi connectivity index (χ3n) is 5.30. The molecule has 0 amide bonds. The highest BCUT2D eigenvalue weighted by atomic mass is 19.1. The summed E-state index contributed by atoms with van der Waals surface area (Å²) in [5.74, 6) is 1.33. The van der Waals surface area contributed by atoms with Gasteiger partial charge in [0, 0.05) is 19.6 Å². The minimum atomic E-state index is -0.213. The average molecular weight is 325 g/mol. The Labute approximate surface area is 143 Å². The first-order valence-corrected chi connectivity index (χ1v) is 8.97. The molecule has 2 aliphatic rings. The van der Waals surface area contributed by atoms with Gasteiger partial charge in [-0.3, -0.25) is 0 Å². The molecular formula is C21H24FNO. The highest BCUT2D eigenvalue weighted by Gasteiger charge is 2.26. The number of ether oxygens (including phenoxy) is 1. The van der Waals surface area contributed by atoms with Crippen LogP contribution in [0, 0.1) is 11.7 Å². The normalized spacial score (nSPS) is 19.4. The van der Waals surface area contributed by atoms with Gasteiger partial charge in [-0.25, -0.2) is 4.39 Å². The van der Waals surface area contributed by atoms with E-state index in [-0.39, 0.29) is 11.9 Å². The molecule has 0 bridgehead atoms. The van der Waals surface area contributed by atoms with Gasteiger partial charge >= 0.3 is 0 Å². The Bertz CT molecular complexity index is 651. The van der Waals surface area contributed by atoms with Crippen LogP contribution in [0.3, 0.4) is 0 Å². The van der Waals surface area contributed by atoms with Crippen molar-refractivity contribution < 1.29 is 9.13 Å². The smallest absolute Gasteiger partial charge is 0.123 e. The summed E-state index contributed by atoms with van der Waals surface area (Å²) in [6.07, 6.45) is 4.81. The van der Waals surface area contributed by atoms with Crippen molar-refractivity contribution in [3.8, 4) is 5.75 Å². The number of piperidine rings is 1. The molecule has 0 N–H and O–H groups in total. The fraction of sp³-hybridized carbons (Fsp3) is 0.429. The van der Waals surface area contributed by atoms with Crippen molar-refractivity contribution in [1.29, 1.82) is 0 Å². The topological polar surface area (TPSA) is 12.5 Å². The van der Waals surface area contributed by atoms with Crippen molar-refractivity contribution in [2.45, 2.75) is 31.8 Å². The Balaban J connectivity index is 1.24. The van der Waals surface area contributed by atoms with E-state index in [0.29, 0.717) is 0 Å². The molecule has 126 valence electrons. The second-order valence-electron chi connectivity index (χ2n) is 7.11. The van der Waals surface area contributed by atoms with Crippen LogP contribution in [0.25, 0.3) is 0 Å². The summed E-state index contributed by atoms with van der Waals surface area (Å²) in [7, 11) is 0. The molecule has 4 rings (SSSR count). The quantitative estimate of drug-likeness (QED) is 0.840. The maximum atomic E-state index is 12.9. The van der Waals surface area contributed by atoms with Gasteiger partial charge in [-0.1, -0.05) is 24.3 Å². The summed E-state index contributed by atoms with van der Waals surface area (Å²) >= 11 is 0. The van der Waals surface area contributed by atoms with Crippen molar-refractivity contribution in [2.75, 3.05) is 19.6 Å². The number of hydrogen-bond acceptors (Lipinski definition) is 2. The van der Waals surface area contributed by atoms with E-state index in [1.54, 1.807) is 12.1 Å². The molecule has 0 radical (unpaired) electrons. The minimum absolute atomic E-state index is 0.213. The van der Waals surface area contributed by atoms with Gasteiger partial charge < -0.3 is 9.64 Å². The van der Waals surface area contributed by atoms with Crippen LogP contribution in [0.4, 0.5) is 4.39 Å². The van der Waals surface area contributed by atoms with E-state index in [1.165, 1.54) is 42.6 Å². The number of halogens is 1. The van der Waals surface area contributed by atoms with Crippen LogP contribution in [0.2, 0.25) is 0 Å². The van der Waals surface area contributed by atoms with Crippen LogP contribution in [-0.2, 0) is 12.8 Å². The van der Waals surface area contributed by atoms with Crippen molar-refractivity contribution in [1.82, 2.24) is 4.90 Å². The molecule has 2 aromatic rings. The first-order chi connectivity index (χ1) is 11.8. The van der Waals surface area contributed by atoms with Gasteiger partial charge in [-0.2, -0.15) is 0 Å². The molecule has 24 heavy (non-hydrogen) atoms. The number of likely N-dealkylation sites (tertiary alicyclic amines) is 1. The standard InChI is InChI=1S/C21H24FNO/c22-19-5-7-20(8-6-19)24-21-9-11-23(12-10-21)15-16-13-17-3-1-2-4-18(17)14-16/h1-8,16,21H,9-15H2. The molecule has 1 heterocycles. The molecule has 0 aromatic heterocycles. The van der Waals surface area contributed by atoms with Crippen molar-refractivity contribution in [3.63, 3.8) is 0 Å². The van der Waals surface area contributed by atoms with E-state index < -0.39 is 0 Å². The van der Waals surface area contributed by atoms with E-state index in [0.717, 1.165) is 37.6 Å². The van der Waals surface area contributed by atoms with Gasteiger partial charge in [-0.05, 0) is 67.0 Å². The molecule has 0 unspecified atom stereocenters. The lowest BCUT2D eigenvalue weighted by molar-refractivity contribution is 0.0919. The van der Waals surface area contributed by atoms with Gasteiger partial charge in [0.15, 0.2) is 0 Å². The van der Waals surface area contributed by atoms with Crippen LogP contribution in [-0.4, -0.2) is 30.6 Å². The van der Waals surface area contributed by atoms with Crippen LogP contribution >= 0.6 is 0 Å². The van der Waals surface area contributed by atoms with Gasteiger partial charge in [0.05, 0.1) is 0 Å². The molecule has 0 atom stereocenters. The van der Waals surface area contributed by atoms with E-state index in [9.17, 15) is 4.39 Å². The zero-order valence-electron chi connectivity index (χ0n) is 14.0. The monoisotopic (exact) mass is 325 g/mol. The Morgan fingerprint density at radius 3 is 2.17 bits per heavy atom. The van der Waals surface area contributed by atoms with E-state index >= 15 is 0 Å². The second-order valence-corrected chi connectivity index (χ2v) is 7.11. The van der Waals surface area contributed by atoms with Crippen molar-refractivity contribution in [3.05, 3.63) is 65.5 Å². The van der Waals surface area contributed by atoms with Crippen LogP contribution < -0.4 is 4.74 Å². The fourth-order valence-corrected chi connectivity index (χ4v) is 4.06. The first-order valence-electron chi connectivity index (χ1n) is 8.97. The van der Waals surface area contributed by atoms with Crippen LogP contribution in [0.5, 0.6) is 5.75 Å². The number of nitrogens with zero attached hydrogens (tertiary/aromatic N) is 1. The zero-order valence-corrected chi connectivity index (χ0v) is 14.0. The van der Waals surface area contributed by atoms with Gasteiger partial charge in [0.2, 0.25) is 0 Å². The van der Waals surface area contributed by atoms with E-state index in [4.69, 9.17) is 4.74 Å². The second kappa shape index (κ2) is 6.94. The van der Waals surface area contributed by atoms with Crippen molar-refractivity contribution in [2.24, 2.45) is 5.92 Å². The molecule has 1 fully saturated rings. The molecule has 3 heteroatoms. The van der Waals surface area contributed by atoms with Gasteiger partial charge in [-0.15, -0.1) is 0 Å². The first kappa shape index (κ1) is 15.6. The Morgan fingerprint density at radius 1 is 0.917 bits per heavy atom. The maximum Gasteiger partial charge on any atom is 0.123 e. The molecule has 2 aromatic carbocycles. The lowest BCUT2D eigenvalue weighted by Gasteiger charge is -2.33. The zero-order chi connectivity index (χ0) is 16.4. The van der Waals surface area contributed by atoms with Crippen LogP contribution in [0.1, 0.15) is 24.0 Å². The molecule has 1 saturated heterocycles. The lowest BCUT2D eigenvalue weighted by atomic mass is 10.0. The SMILES string of the molecule is Fc1ccc(OC2CCN(CC3Cc4ccccc4C3)CC2)cc1. The third-order valence-corrected chi connectivity index (χ3v) is 5.30. The van der Waals surface area contributed by atoms with E-state index in [1.807, 2.05) is 0 Å². The number of hydrogen-bond donors (Lipinski definition) is 0. The number of benzene rings is 2. The molecular weight excluding hydrogens is 301 g/mol. The Hall–Kier alpha value is -1.87. The number of rotatable bonds is 4. The van der Waals surface area contributed by atoms with Gasteiger partial charge in [0.25, 0.3) is 0 Å². The molecule has 1 aliphatic carbocycles. The maximum absolute atomic E-state index is 12.9. The molecule has 1 aliphatic heterocycles. The predicted molar refractivity (Wildman–Crippen MR) is 93.8 cm³/mol. The fourth-order valence-electron chi connectivity index (χ4n) is 4.06. The summed E-state index contributed by atoms with van der Waals surface area (Å²) in [5.41, 5.74) is 3.08. The van der Waals surface area contributed by atoms with E-state index in [2.05, 4.69) is 29.2 Å². The third kappa shape index (κ3) is 3.62. The molecule has 0 spiro atoms. The summed E-state index contributed by atoms with van der Waals surface area (Å²) in [5, 5.41) is 0. The predicted octanol–water partition coefficient (Wildman–Crippen LogP) is 4.08. The van der Waals surface area contributed by atoms with Crippen LogP contribution in [0.15, 0.2) is 48.5 Å². The number of fused-ring (bicyclic) bond motifs is 1. The highest BCUT2D eigenvalue weighted by molar-refractivity contribution is 5.32. The minimum Gasteiger partial charge on any atom is -0.490 e. The molecule has 0 saturated carbocycles. The summed E-state index contributed by atoms with van der Waals surface area (Å²) in [6.45, 7) is 3.38. The lowest BCUT2D eigenvalue weighted by Crippen LogP contribution is -2.40. The summed E-state index contributed by atoms with van der Waals surface area (Å²) in [6, 6.07) is 15.2. The average Bonchev–Trinajstić information content (AvgIpc) is 3.01. The van der Waals surface area contributed by atoms with Crippen molar-refractivity contribution >= 4 is 0 Å². The summed E-state index contributed by atoms with van der Waals surface area (Å²) in [4.78, 5) is 2.58. The van der Waals surface area contributed by atoms with Gasteiger partial charge in [0.1, 0.15) is 17.7 Å². The largest absolute Gasteiger partial charge is 0.490 e. The Kier molecular flexibility index (Phi) is 4.52. The highest BCUT2D eigenvalue weighted by Crippen LogP contribution is 2.28.